The third kappa shape index (κ3) is 2.79. The van der Waals surface area contributed by atoms with Gasteiger partial charge in [-0.05, 0) is 39.5 Å². The van der Waals surface area contributed by atoms with Crippen LogP contribution >= 0.6 is 0 Å². The molecule has 3 heteroatoms. The van der Waals surface area contributed by atoms with E-state index in [1.165, 1.54) is 0 Å². The molecule has 0 unspecified atom stereocenters. The van der Waals surface area contributed by atoms with E-state index in [9.17, 15) is 15.3 Å². The van der Waals surface area contributed by atoms with Crippen LogP contribution in [0.3, 0.4) is 0 Å². The molecule has 27 heavy (non-hydrogen) atoms. The second kappa shape index (κ2) is 6.89. The van der Waals surface area contributed by atoms with Crippen molar-refractivity contribution < 1.29 is 15.3 Å². The van der Waals surface area contributed by atoms with E-state index in [-0.39, 0.29) is 0 Å². The molecule has 0 saturated heterocycles. The Balaban J connectivity index is 1.88. The van der Waals surface area contributed by atoms with Crippen LogP contribution in [0.1, 0.15) is 16.7 Å². The lowest BCUT2D eigenvalue weighted by molar-refractivity contribution is 0.470. The first-order chi connectivity index (χ1) is 13.3. The number of aliphatic hydroxyl groups excluding tert-OH is 3. The Labute approximate surface area is 157 Å². The highest BCUT2D eigenvalue weighted by Crippen LogP contribution is 2.40. The van der Waals surface area contributed by atoms with Crippen molar-refractivity contribution in [3.8, 4) is 0 Å². The van der Waals surface area contributed by atoms with Gasteiger partial charge in [-0.25, -0.2) is 0 Å². The summed E-state index contributed by atoms with van der Waals surface area (Å²) >= 11 is 0. The molecule has 3 aliphatic rings. The number of benzene rings is 1. The molecule has 132 valence electrons. The van der Waals surface area contributed by atoms with Crippen LogP contribution in [0.5, 0.6) is 0 Å². The van der Waals surface area contributed by atoms with Crippen LogP contribution in [0.15, 0.2) is 108 Å². The van der Waals surface area contributed by atoms with Crippen molar-refractivity contribution in [2.45, 2.75) is 0 Å². The number of hydrogen-bond acceptors (Lipinski definition) is 3. The van der Waals surface area contributed by atoms with Crippen molar-refractivity contribution in [1.82, 2.24) is 0 Å². The van der Waals surface area contributed by atoms with Gasteiger partial charge >= 0.3 is 0 Å². The van der Waals surface area contributed by atoms with Crippen LogP contribution in [0.25, 0.3) is 16.7 Å². The van der Waals surface area contributed by atoms with Crippen LogP contribution in [-0.2, 0) is 0 Å². The van der Waals surface area contributed by atoms with Crippen molar-refractivity contribution in [3.05, 3.63) is 125 Å². The van der Waals surface area contributed by atoms with E-state index in [2.05, 4.69) is 0 Å². The number of aliphatic hydroxyl groups is 3. The van der Waals surface area contributed by atoms with E-state index in [1.54, 1.807) is 0 Å². The highest BCUT2D eigenvalue weighted by molar-refractivity contribution is 5.97. The molecule has 0 aromatic heterocycles. The molecule has 1 aromatic rings. The van der Waals surface area contributed by atoms with E-state index in [4.69, 9.17) is 0 Å². The summed E-state index contributed by atoms with van der Waals surface area (Å²) < 4.78 is 0. The van der Waals surface area contributed by atoms with Crippen molar-refractivity contribution in [2.75, 3.05) is 0 Å². The van der Waals surface area contributed by atoms with E-state index in [1.807, 2.05) is 72.9 Å². The monoisotopic (exact) mass is 354 g/mol. The van der Waals surface area contributed by atoms with Gasteiger partial charge in [-0.1, -0.05) is 66.8 Å². The first-order valence-corrected chi connectivity index (χ1v) is 8.61. The molecule has 0 fully saturated rings. The highest BCUT2D eigenvalue weighted by Gasteiger charge is 2.21. The molecular weight excluding hydrogens is 336 g/mol. The van der Waals surface area contributed by atoms with Gasteiger partial charge in [-0.3, -0.25) is 0 Å². The fourth-order valence-electron chi connectivity index (χ4n) is 3.56. The fraction of sp³-hybridized carbons (Fsp3) is 0. The lowest BCUT2D eigenvalue weighted by Gasteiger charge is -2.16. The first-order valence-electron chi connectivity index (χ1n) is 8.61. The lowest BCUT2D eigenvalue weighted by atomic mass is 9.87. The van der Waals surface area contributed by atoms with E-state index in [0.717, 1.165) is 68.9 Å². The Hall–Kier alpha value is -3.72. The molecule has 0 amide bonds. The van der Waals surface area contributed by atoms with Crippen LogP contribution in [0.2, 0.25) is 0 Å². The van der Waals surface area contributed by atoms with Gasteiger partial charge in [0, 0.05) is 16.7 Å². The summed E-state index contributed by atoms with van der Waals surface area (Å²) in [4.78, 5) is 0. The Morgan fingerprint density at radius 2 is 1.04 bits per heavy atom. The van der Waals surface area contributed by atoms with Gasteiger partial charge in [-0.15, -0.1) is 0 Å². The second-order valence-corrected chi connectivity index (χ2v) is 6.33. The zero-order valence-electron chi connectivity index (χ0n) is 14.5. The normalized spacial score (nSPS) is 22.2. The molecule has 3 nitrogen and oxygen atoms in total. The smallest absolute Gasteiger partial charge is 0.0870 e. The average molecular weight is 354 g/mol. The summed E-state index contributed by atoms with van der Waals surface area (Å²) in [5, 5.41) is 28.7. The van der Waals surface area contributed by atoms with Gasteiger partial charge in [0.25, 0.3) is 0 Å². The van der Waals surface area contributed by atoms with Gasteiger partial charge in [0.1, 0.15) is 0 Å². The quantitative estimate of drug-likeness (QED) is 0.595. The van der Waals surface area contributed by atoms with Gasteiger partial charge in [0.05, 0.1) is 18.8 Å². The SMILES string of the molecule is O/C=C1\C=CC=C1c1ccc(C2=CC=C/C2=C\O)c(C2=CC=C/C2=C\O)c1. The van der Waals surface area contributed by atoms with E-state index >= 15 is 0 Å². The molecule has 0 heterocycles. The maximum absolute atomic E-state index is 9.62. The standard InChI is InChI=1S/C24H18O3/c25-13-17-4-1-7-20(17)16-10-11-23(21-8-2-5-18(21)14-26)24(12-16)22-9-3-6-19(22)15-27/h1-15,25-27H/b17-13+,18-14+,19-15+. The number of rotatable bonds is 3. The molecule has 0 spiro atoms. The summed E-state index contributed by atoms with van der Waals surface area (Å²) in [6.07, 6.45) is 20.4. The summed E-state index contributed by atoms with van der Waals surface area (Å²) in [5.74, 6) is 0. The predicted octanol–water partition coefficient (Wildman–Crippen LogP) is 5.87. The van der Waals surface area contributed by atoms with Crippen molar-refractivity contribution in [2.24, 2.45) is 0 Å². The van der Waals surface area contributed by atoms with Gasteiger partial charge in [0.2, 0.25) is 0 Å². The minimum absolute atomic E-state index is 0.728. The first kappa shape index (κ1) is 16.7. The molecule has 0 bridgehead atoms. The molecule has 0 radical (unpaired) electrons. The molecule has 0 aliphatic heterocycles. The zero-order chi connectivity index (χ0) is 18.8. The molecular formula is C24H18O3. The van der Waals surface area contributed by atoms with Crippen LogP contribution in [0, 0.1) is 0 Å². The second-order valence-electron chi connectivity index (χ2n) is 6.33. The summed E-state index contributed by atoms with van der Waals surface area (Å²) in [5.41, 5.74) is 7.84. The van der Waals surface area contributed by atoms with Gasteiger partial charge in [0.15, 0.2) is 0 Å². The van der Waals surface area contributed by atoms with Gasteiger partial charge < -0.3 is 15.3 Å². The number of allylic oxidation sites excluding steroid dienone is 15. The molecule has 4 rings (SSSR count). The molecule has 3 aliphatic carbocycles. The average Bonchev–Trinajstić information content (AvgIpc) is 3.46. The topological polar surface area (TPSA) is 60.7 Å². The Morgan fingerprint density at radius 3 is 1.59 bits per heavy atom. The predicted molar refractivity (Wildman–Crippen MR) is 110 cm³/mol. The van der Waals surface area contributed by atoms with Crippen LogP contribution in [-0.4, -0.2) is 15.3 Å². The minimum Gasteiger partial charge on any atom is -0.515 e. The fourth-order valence-corrected chi connectivity index (χ4v) is 3.56. The highest BCUT2D eigenvalue weighted by atomic mass is 16.2. The van der Waals surface area contributed by atoms with Crippen LogP contribution in [0.4, 0.5) is 0 Å². The van der Waals surface area contributed by atoms with Gasteiger partial charge in [-0.2, -0.15) is 0 Å². The zero-order valence-corrected chi connectivity index (χ0v) is 14.5. The Bertz CT molecular complexity index is 1080. The third-order valence-electron chi connectivity index (χ3n) is 4.88. The van der Waals surface area contributed by atoms with Crippen molar-refractivity contribution in [3.63, 3.8) is 0 Å². The van der Waals surface area contributed by atoms with Crippen molar-refractivity contribution >= 4 is 16.7 Å². The molecule has 3 N–H and O–H groups in total. The number of hydrogen-bond donors (Lipinski definition) is 3. The largest absolute Gasteiger partial charge is 0.515 e. The molecule has 0 atom stereocenters. The van der Waals surface area contributed by atoms with Crippen LogP contribution < -0.4 is 0 Å². The summed E-state index contributed by atoms with van der Waals surface area (Å²) in [6.45, 7) is 0. The summed E-state index contributed by atoms with van der Waals surface area (Å²) in [6, 6.07) is 6.06. The van der Waals surface area contributed by atoms with E-state index < -0.39 is 0 Å². The minimum atomic E-state index is 0.728. The molecule has 0 saturated carbocycles. The Kier molecular flexibility index (Phi) is 4.27. The maximum atomic E-state index is 9.62. The van der Waals surface area contributed by atoms with E-state index in [0.29, 0.717) is 0 Å². The van der Waals surface area contributed by atoms with Crippen molar-refractivity contribution in [1.29, 1.82) is 0 Å². The third-order valence-corrected chi connectivity index (χ3v) is 4.88. The Morgan fingerprint density at radius 1 is 0.556 bits per heavy atom. The molecule has 1 aromatic carbocycles. The summed E-state index contributed by atoms with van der Waals surface area (Å²) in [7, 11) is 0. The maximum Gasteiger partial charge on any atom is 0.0870 e. The lowest BCUT2D eigenvalue weighted by Crippen LogP contribution is -1.98.